The van der Waals surface area contributed by atoms with E-state index in [1.807, 2.05) is 5.92 Å². The third kappa shape index (κ3) is 5.00. The molecule has 0 aliphatic rings. The van der Waals surface area contributed by atoms with Crippen LogP contribution in [0.4, 0.5) is 13.2 Å². The van der Waals surface area contributed by atoms with Crippen molar-refractivity contribution in [2.24, 2.45) is 0 Å². The fourth-order valence-corrected chi connectivity index (χ4v) is 1.07. The molecule has 0 fully saturated rings. The minimum absolute atomic E-state index is 0.142. The van der Waals surface area contributed by atoms with E-state index in [1.165, 1.54) is 12.8 Å². The van der Waals surface area contributed by atoms with Crippen molar-refractivity contribution in [2.45, 2.75) is 38.8 Å². The van der Waals surface area contributed by atoms with Gasteiger partial charge in [0, 0.05) is 13.2 Å². The first kappa shape index (κ1) is 18.7. The van der Waals surface area contributed by atoms with Crippen LogP contribution in [-0.4, -0.2) is 49.0 Å². The van der Waals surface area contributed by atoms with Crippen LogP contribution in [0.5, 0.6) is 0 Å². The lowest BCUT2D eigenvalue weighted by atomic mass is 10.1. The van der Waals surface area contributed by atoms with Crippen molar-refractivity contribution in [1.29, 1.82) is 0 Å². The molecule has 0 bridgehead atoms. The summed E-state index contributed by atoms with van der Waals surface area (Å²) in [7, 11) is 0. The molecule has 1 atom stereocenters. The van der Waals surface area contributed by atoms with Crippen LogP contribution in [0.3, 0.4) is 0 Å². The van der Waals surface area contributed by atoms with E-state index in [1.54, 1.807) is 13.8 Å². The number of carbonyl (C=O) groups is 1. The number of alkyl halides is 3. The molecule has 0 saturated heterocycles. The summed E-state index contributed by atoms with van der Waals surface area (Å²) in [6, 6.07) is 0. The van der Waals surface area contributed by atoms with Gasteiger partial charge >= 0.3 is 17.7 Å². The fraction of sp³-hybridized carbons (Fsp3) is 0.750. The largest absolute Gasteiger partial charge is 0.463 e. The second-order valence-electron chi connectivity index (χ2n) is 3.44. The Hall–Kier alpha value is -1.30. The topological polar surface area (TPSA) is 65.0 Å². The molecule has 5 nitrogen and oxygen atoms in total. The van der Waals surface area contributed by atoms with Gasteiger partial charge < -0.3 is 19.3 Å². The van der Waals surface area contributed by atoms with Crippen molar-refractivity contribution in [2.75, 3.05) is 19.8 Å². The van der Waals surface area contributed by atoms with Crippen LogP contribution in [0.15, 0.2) is 0 Å². The summed E-state index contributed by atoms with van der Waals surface area (Å²) in [6.07, 6.45) is -6.57. The van der Waals surface area contributed by atoms with Crippen molar-refractivity contribution in [3.8, 4) is 11.8 Å². The molecule has 0 spiro atoms. The molecule has 0 unspecified atom stereocenters. The molecule has 1 N–H and O–H groups in total. The van der Waals surface area contributed by atoms with Gasteiger partial charge in [-0.3, -0.25) is 0 Å². The summed E-state index contributed by atoms with van der Waals surface area (Å²) in [5.41, 5.74) is -3.91. The molecule has 0 aromatic rings. The second-order valence-corrected chi connectivity index (χ2v) is 3.44. The number of ether oxygens (including phenoxy) is 3. The lowest BCUT2D eigenvalue weighted by Gasteiger charge is -2.23. The molecule has 0 heterocycles. The van der Waals surface area contributed by atoms with E-state index in [0.717, 1.165) is 0 Å². The zero-order chi connectivity index (χ0) is 15.8. The molecular weight excluding hydrogens is 281 g/mol. The summed E-state index contributed by atoms with van der Waals surface area (Å²) in [5, 5.41) is 9.45. The fourth-order valence-electron chi connectivity index (χ4n) is 1.07. The normalized spacial score (nSPS) is 14.4. The Labute approximate surface area is 115 Å². The number of rotatable bonds is 6. The molecule has 0 rings (SSSR count). The Morgan fingerprint density at radius 1 is 1.15 bits per heavy atom. The number of hydrogen-bond donors (Lipinski definition) is 1. The van der Waals surface area contributed by atoms with Gasteiger partial charge in [0.1, 0.15) is 0 Å². The summed E-state index contributed by atoms with van der Waals surface area (Å²) in [5.74, 6) is 1.51. The molecule has 20 heavy (non-hydrogen) atoms. The molecule has 0 radical (unpaired) electrons. The van der Waals surface area contributed by atoms with E-state index in [2.05, 4.69) is 4.74 Å². The van der Waals surface area contributed by atoms with Gasteiger partial charge in [-0.05, 0) is 32.6 Å². The van der Waals surface area contributed by atoms with Gasteiger partial charge in [-0.25, -0.2) is 4.79 Å². The third-order valence-corrected chi connectivity index (χ3v) is 1.99. The Balaban J connectivity index is 5.32. The van der Waals surface area contributed by atoms with Gasteiger partial charge in [0.2, 0.25) is 6.29 Å². The minimum atomic E-state index is -5.30. The third-order valence-electron chi connectivity index (χ3n) is 1.99. The van der Waals surface area contributed by atoms with E-state index < -0.39 is 24.0 Å². The minimum Gasteiger partial charge on any atom is -0.463 e. The molecule has 116 valence electrons. The lowest BCUT2D eigenvalue weighted by Crippen LogP contribution is -2.52. The Morgan fingerprint density at radius 2 is 1.65 bits per heavy atom. The Bertz CT molecular complexity index is 366. The molecule has 8 heteroatoms. The van der Waals surface area contributed by atoms with Crippen molar-refractivity contribution < 1.29 is 37.3 Å². The molecule has 0 aromatic carbocycles. The highest BCUT2D eigenvalue weighted by Gasteiger charge is 2.60. The van der Waals surface area contributed by atoms with Gasteiger partial charge in [0.05, 0.1) is 6.61 Å². The van der Waals surface area contributed by atoms with Crippen LogP contribution in [0.25, 0.3) is 0 Å². The summed E-state index contributed by atoms with van der Waals surface area (Å²) in [6.45, 7) is 4.46. The van der Waals surface area contributed by atoms with Gasteiger partial charge in [0.15, 0.2) is 0 Å². The zero-order valence-electron chi connectivity index (χ0n) is 11.4. The zero-order valence-corrected chi connectivity index (χ0v) is 11.4. The van der Waals surface area contributed by atoms with E-state index in [0.29, 0.717) is 0 Å². The van der Waals surface area contributed by atoms with Crippen LogP contribution >= 0.6 is 0 Å². The standard InChI is InChI=1S/C12H17F3O5/c1-4-18-9(19-5-2)7-8-11(17,12(13,14)15)10(16)20-6-3/h9,17H,4-6H2,1-3H3/t11-/m0/s1. The SMILES string of the molecule is CCOC(=O)[C@@](O)(C#CC(OCC)OCC)C(F)(F)F. The Morgan fingerprint density at radius 3 is 2.00 bits per heavy atom. The number of aliphatic hydroxyl groups is 1. The Kier molecular flexibility index (Phi) is 7.57. The van der Waals surface area contributed by atoms with Crippen molar-refractivity contribution in [1.82, 2.24) is 0 Å². The van der Waals surface area contributed by atoms with E-state index in [-0.39, 0.29) is 19.8 Å². The average Bonchev–Trinajstić information content (AvgIpc) is 2.35. The second kappa shape index (κ2) is 8.09. The van der Waals surface area contributed by atoms with E-state index in [9.17, 15) is 23.1 Å². The van der Waals surface area contributed by atoms with E-state index >= 15 is 0 Å². The van der Waals surface area contributed by atoms with Gasteiger partial charge in [0.25, 0.3) is 0 Å². The molecule has 0 saturated carbocycles. The van der Waals surface area contributed by atoms with Gasteiger partial charge in [-0.15, -0.1) is 0 Å². The van der Waals surface area contributed by atoms with Crippen LogP contribution in [0.1, 0.15) is 20.8 Å². The predicted octanol–water partition coefficient (Wildman–Crippen LogP) is 1.25. The van der Waals surface area contributed by atoms with Crippen molar-refractivity contribution in [3.05, 3.63) is 0 Å². The van der Waals surface area contributed by atoms with Crippen LogP contribution < -0.4 is 0 Å². The van der Waals surface area contributed by atoms with Crippen molar-refractivity contribution in [3.63, 3.8) is 0 Å². The number of carbonyl (C=O) groups excluding carboxylic acids is 1. The first-order chi connectivity index (χ1) is 9.22. The molecule has 0 aromatic heterocycles. The van der Waals surface area contributed by atoms with Gasteiger partial charge in [-0.2, -0.15) is 13.2 Å². The van der Waals surface area contributed by atoms with Crippen LogP contribution in [-0.2, 0) is 19.0 Å². The summed E-state index contributed by atoms with van der Waals surface area (Å²) in [4.78, 5) is 11.3. The summed E-state index contributed by atoms with van der Waals surface area (Å²) >= 11 is 0. The number of hydrogen-bond acceptors (Lipinski definition) is 5. The highest BCUT2D eigenvalue weighted by molar-refractivity contribution is 5.84. The molecule has 0 amide bonds. The van der Waals surface area contributed by atoms with Crippen LogP contribution in [0.2, 0.25) is 0 Å². The molecule has 0 aliphatic heterocycles. The number of esters is 1. The molecular formula is C12H17F3O5. The predicted molar refractivity (Wildman–Crippen MR) is 62.5 cm³/mol. The highest BCUT2D eigenvalue weighted by atomic mass is 19.4. The lowest BCUT2D eigenvalue weighted by molar-refractivity contribution is -0.242. The maximum atomic E-state index is 12.8. The van der Waals surface area contributed by atoms with Gasteiger partial charge in [-0.1, -0.05) is 0 Å². The van der Waals surface area contributed by atoms with Crippen molar-refractivity contribution >= 4 is 5.97 Å². The average molecular weight is 298 g/mol. The summed E-state index contributed by atoms with van der Waals surface area (Å²) < 4.78 is 52.3. The highest BCUT2D eigenvalue weighted by Crippen LogP contribution is 2.31. The first-order valence-corrected chi connectivity index (χ1v) is 5.95. The maximum absolute atomic E-state index is 12.8. The molecule has 0 aliphatic carbocycles. The smallest absolute Gasteiger partial charge is 0.440 e. The number of halogens is 3. The quantitative estimate of drug-likeness (QED) is 0.454. The van der Waals surface area contributed by atoms with Crippen LogP contribution in [0, 0.1) is 11.8 Å². The van der Waals surface area contributed by atoms with E-state index in [4.69, 9.17) is 9.47 Å². The first-order valence-electron chi connectivity index (χ1n) is 5.95. The maximum Gasteiger partial charge on any atom is 0.440 e. The monoisotopic (exact) mass is 298 g/mol.